The van der Waals surface area contributed by atoms with E-state index in [1.54, 1.807) is 23.0 Å². The Balaban J connectivity index is 1.65. The second-order valence-electron chi connectivity index (χ2n) is 6.50. The van der Waals surface area contributed by atoms with Gasteiger partial charge in [0.25, 0.3) is 0 Å². The van der Waals surface area contributed by atoms with Gasteiger partial charge in [-0.15, -0.1) is 0 Å². The highest BCUT2D eigenvalue weighted by Gasteiger charge is 2.20. The maximum atomic E-state index is 6.13. The Hall–Kier alpha value is -2.80. The molecule has 0 saturated carbocycles. The molecule has 1 unspecified atom stereocenters. The molecule has 1 atom stereocenters. The van der Waals surface area contributed by atoms with Crippen LogP contribution in [0.5, 0.6) is 0 Å². The van der Waals surface area contributed by atoms with Crippen molar-refractivity contribution < 1.29 is 0 Å². The van der Waals surface area contributed by atoms with Crippen LogP contribution in [0, 0.1) is 0 Å². The summed E-state index contributed by atoms with van der Waals surface area (Å²) in [6, 6.07) is 3.84. The number of amidine groups is 2. The van der Waals surface area contributed by atoms with Gasteiger partial charge in [-0.3, -0.25) is 10.1 Å². The zero-order valence-electron chi connectivity index (χ0n) is 15.1. The maximum Gasteiger partial charge on any atom is 0.164 e. The summed E-state index contributed by atoms with van der Waals surface area (Å²) < 4.78 is 1.74. The molecule has 0 aliphatic heterocycles. The van der Waals surface area contributed by atoms with Crippen molar-refractivity contribution in [3.05, 3.63) is 52.6 Å². The first kappa shape index (κ1) is 17.6. The van der Waals surface area contributed by atoms with E-state index >= 15 is 0 Å². The van der Waals surface area contributed by atoms with Gasteiger partial charge in [0.1, 0.15) is 5.84 Å². The molecule has 0 bridgehead atoms. The Morgan fingerprint density at radius 2 is 2.33 bits per heavy atom. The molecule has 0 radical (unpaired) electrons. The summed E-state index contributed by atoms with van der Waals surface area (Å²) in [7, 11) is 0. The Kier molecular flexibility index (Phi) is 4.85. The third-order valence-corrected chi connectivity index (χ3v) is 4.98. The first-order chi connectivity index (χ1) is 13.2. The van der Waals surface area contributed by atoms with Crippen molar-refractivity contribution in [2.24, 2.45) is 15.0 Å². The van der Waals surface area contributed by atoms with E-state index in [-0.39, 0.29) is 6.04 Å². The Morgan fingerprint density at radius 3 is 3.15 bits per heavy atom. The van der Waals surface area contributed by atoms with Crippen LogP contribution in [0.15, 0.2) is 45.7 Å². The standard InChI is InChI=1S/C19H20ClN7/c1-3-18(24-14-4-5-16-12(8-14)10-22-26-16)25-19(21-2)15-11-23-27-7-6-13(20)9-17(15)27/h6-7,9-11,14H,2-5,8H2,1H3,(H,22,26). The van der Waals surface area contributed by atoms with Crippen molar-refractivity contribution in [2.45, 2.75) is 38.6 Å². The number of aliphatic imine (C=N–C) groups is 3. The number of rotatable bonds is 3. The number of hydrogen-bond donors (Lipinski definition) is 1. The lowest BCUT2D eigenvalue weighted by Gasteiger charge is -2.18. The van der Waals surface area contributed by atoms with Gasteiger partial charge in [0.15, 0.2) is 5.84 Å². The number of nitrogens with one attached hydrogen (secondary N) is 1. The summed E-state index contributed by atoms with van der Waals surface area (Å²) in [6.45, 7) is 5.73. The monoisotopic (exact) mass is 381 g/mol. The van der Waals surface area contributed by atoms with Crippen molar-refractivity contribution in [1.29, 1.82) is 0 Å². The molecule has 0 amide bonds. The molecule has 4 rings (SSSR count). The van der Waals surface area contributed by atoms with Gasteiger partial charge in [-0.1, -0.05) is 18.5 Å². The second-order valence-corrected chi connectivity index (χ2v) is 6.93. The molecule has 3 heterocycles. The summed E-state index contributed by atoms with van der Waals surface area (Å²) >= 11 is 6.13. The first-order valence-corrected chi connectivity index (χ1v) is 9.32. The van der Waals surface area contributed by atoms with Crippen LogP contribution in [0.1, 0.15) is 36.6 Å². The number of fused-ring (bicyclic) bond motifs is 2. The van der Waals surface area contributed by atoms with E-state index < -0.39 is 0 Å². The van der Waals surface area contributed by atoms with Crippen molar-refractivity contribution in [3.63, 3.8) is 0 Å². The highest BCUT2D eigenvalue weighted by Crippen LogP contribution is 2.22. The van der Waals surface area contributed by atoms with Crippen LogP contribution in [0.4, 0.5) is 0 Å². The van der Waals surface area contributed by atoms with Gasteiger partial charge >= 0.3 is 0 Å². The minimum atomic E-state index is 0.207. The van der Waals surface area contributed by atoms with Gasteiger partial charge < -0.3 is 0 Å². The molecule has 0 fully saturated rings. The van der Waals surface area contributed by atoms with Gasteiger partial charge in [-0.2, -0.15) is 10.2 Å². The number of pyridine rings is 1. The number of H-pyrrole nitrogens is 1. The smallest absolute Gasteiger partial charge is 0.164 e. The van der Waals surface area contributed by atoms with E-state index in [4.69, 9.17) is 21.6 Å². The van der Waals surface area contributed by atoms with Crippen LogP contribution >= 0.6 is 11.6 Å². The van der Waals surface area contributed by atoms with E-state index in [0.29, 0.717) is 17.3 Å². The zero-order valence-corrected chi connectivity index (χ0v) is 15.8. The molecule has 0 aromatic carbocycles. The molecule has 0 saturated heterocycles. The molecule has 1 N–H and O–H groups in total. The van der Waals surface area contributed by atoms with Crippen LogP contribution < -0.4 is 0 Å². The highest BCUT2D eigenvalue weighted by molar-refractivity contribution is 6.31. The number of halogens is 1. The third kappa shape index (κ3) is 3.55. The van der Waals surface area contributed by atoms with Crippen molar-refractivity contribution in [3.8, 4) is 0 Å². The molecule has 1 aliphatic rings. The zero-order chi connectivity index (χ0) is 18.8. The number of hydrogen-bond acceptors (Lipinski definition) is 3. The average molecular weight is 382 g/mol. The van der Waals surface area contributed by atoms with Gasteiger partial charge in [0, 0.05) is 23.3 Å². The summed E-state index contributed by atoms with van der Waals surface area (Å²) in [5.74, 6) is 1.27. The molecule has 3 aromatic heterocycles. The quantitative estimate of drug-likeness (QED) is 0.556. The Labute approximate surface area is 161 Å². The predicted molar refractivity (Wildman–Crippen MR) is 108 cm³/mol. The van der Waals surface area contributed by atoms with Crippen LogP contribution in [0.3, 0.4) is 0 Å². The van der Waals surface area contributed by atoms with Crippen LogP contribution in [0.25, 0.3) is 5.52 Å². The van der Waals surface area contributed by atoms with E-state index in [2.05, 4.69) is 27.0 Å². The van der Waals surface area contributed by atoms with Crippen LogP contribution in [0.2, 0.25) is 5.02 Å². The molecular formula is C19H20ClN7. The van der Waals surface area contributed by atoms with Crippen molar-refractivity contribution >= 4 is 35.5 Å². The van der Waals surface area contributed by atoms with E-state index in [1.165, 1.54) is 11.3 Å². The largest absolute Gasteiger partial charge is 0.282 e. The Morgan fingerprint density at radius 1 is 1.44 bits per heavy atom. The summed E-state index contributed by atoms with van der Waals surface area (Å²) in [5, 5.41) is 12.2. The molecule has 7 nitrogen and oxygen atoms in total. The van der Waals surface area contributed by atoms with Gasteiger partial charge in [-0.05, 0) is 43.7 Å². The summed E-state index contributed by atoms with van der Waals surface area (Å²) in [6.07, 6.45) is 8.97. The van der Waals surface area contributed by atoms with Crippen LogP contribution in [-0.2, 0) is 12.8 Å². The highest BCUT2D eigenvalue weighted by atomic mass is 35.5. The van der Waals surface area contributed by atoms with E-state index in [1.807, 2.05) is 19.2 Å². The minimum absolute atomic E-state index is 0.207. The summed E-state index contributed by atoms with van der Waals surface area (Å²) in [4.78, 5) is 13.7. The number of aryl methyl sites for hydroxylation is 1. The number of aromatic nitrogens is 4. The first-order valence-electron chi connectivity index (χ1n) is 8.94. The fraction of sp³-hybridized carbons (Fsp3) is 0.316. The fourth-order valence-electron chi connectivity index (χ4n) is 3.35. The normalized spacial score (nSPS) is 17.9. The van der Waals surface area contributed by atoms with Crippen LogP contribution in [-0.4, -0.2) is 44.2 Å². The SMILES string of the molecule is C=NC(=NC(CC)=NC1CCc2[nH]ncc2C1)c1cnn2ccc(Cl)cc12. The van der Waals surface area contributed by atoms with Gasteiger partial charge in [0.05, 0.1) is 29.5 Å². The van der Waals surface area contributed by atoms with Gasteiger partial charge in [0.2, 0.25) is 0 Å². The van der Waals surface area contributed by atoms with E-state index in [0.717, 1.165) is 36.2 Å². The third-order valence-electron chi connectivity index (χ3n) is 4.75. The fourth-order valence-corrected chi connectivity index (χ4v) is 3.51. The molecule has 27 heavy (non-hydrogen) atoms. The maximum absolute atomic E-state index is 6.13. The molecule has 1 aliphatic carbocycles. The molecular weight excluding hydrogens is 362 g/mol. The lowest BCUT2D eigenvalue weighted by atomic mass is 9.94. The second kappa shape index (κ2) is 7.44. The van der Waals surface area contributed by atoms with Crippen molar-refractivity contribution in [2.75, 3.05) is 0 Å². The molecule has 138 valence electrons. The minimum Gasteiger partial charge on any atom is -0.282 e. The summed E-state index contributed by atoms with van der Waals surface area (Å²) in [5.41, 5.74) is 4.09. The lowest BCUT2D eigenvalue weighted by Crippen LogP contribution is -2.18. The predicted octanol–water partition coefficient (Wildman–Crippen LogP) is 3.52. The van der Waals surface area contributed by atoms with E-state index in [9.17, 15) is 0 Å². The average Bonchev–Trinajstić information content (AvgIpc) is 3.31. The molecule has 0 spiro atoms. The Bertz CT molecular complexity index is 1040. The lowest BCUT2D eigenvalue weighted by molar-refractivity contribution is 0.572. The van der Waals surface area contributed by atoms with Crippen molar-refractivity contribution in [1.82, 2.24) is 19.8 Å². The topological polar surface area (TPSA) is 83.1 Å². The number of aromatic amines is 1. The number of nitrogens with zero attached hydrogens (tertiary/aromatic N) is 6. The molecule has 3 aromatic rings. The molecule has 8 heteroatoms. The van der Waals surface area contributed by atoms with Gasteiger partial charge in [-0.25, -0.2) is 14.5 Å².